The number of aryl methyl sites for hydroxylation is 1. The van der Waals surface area contributed by atoms with Gasteiger partial charge < -0.3 is 35.4 Å². The van der Waals surface area contributed by atoms with Crippen LogP contribution in [0.2, 0.25) is 5.02 Å². The number of hydrogen-bond donors (Lipinski definition) is 5. The van der Waals surface area contributed by atoms with Crippen molar-refractivity contribution in [1.82, 2.24) is 35.3 Å². The Hall–Kier alpha value is -6.35. The van der Waals surface area contributed by atoms with Crippen LogP contribution in [0.5, 0.6) is 5.75 Å². The summed E-state index contributed by atoms with van der Waals surface area (Å²) in [4.78, 5) is 42.3. The minimum Gasteiger partial charge on any atom is -0.489 e. The van der Waals surface area contributed by atoms with E-state index in [0.717, 1.165) is 69.4 Å². The van der Waals surface area contributed by atoms with Crippen molar-refractivity contribution in [1.29, 1.82) is 5.26 Å². The number of thiazole rings is 1. The molecule has 73 heavy (non-hydrogen) atoms. The van der Waals surface area contributed by atoms with Gasteiger partial charge in [0, 0.05) is 78.7 Å². The lowest BCUT2D eigenvalue weighted by Crippen LogP contribution is -2.74. The fraction of sp³-hybridized carbons (Fsp3) is 0.429. The predicted molar refractivity (Wildman–Crippen MR) is 285 cm³/mol. The number of β-amino-alcohol motifs (C(OH)–C–C–N with tert-alkyl or cyclic N) is 1. The molecule has 2 saturated heterocycles. The number of carbonyl (C=O) groups excluding carboxylic acids is 2. The van der Waals surface area contributed by atoms with Crippen molar-refractivity contribution in [2.45, 2.75) is 117 Å². The van der Waals surface area contributed by atoms with Crippen molar-refractivity contribution in [2.24, 2.45) is 16.7 Å². The van der Waals surface area contributed by atoms with Gasteiger partial charge in [0.05, 0.1) is 45.0 Å². The number of aliphatic hydroxyl groups is 2. The maximum Gasteiger partial charge on any atom is 0.248 e. The van der Waals surface area contributed by atoms with Gasteiger partial charge in [-0.25, -0.2) is 9.97 Å². The fourth-order valence-corrected chi connectivity index (χ4v) is 12.5. The molecule has 0 spiro atoms. The number of benzene rings is 3. The Labute approximate surface area is 436 Å². The highest BCUT2D eigenvalue weighted by atomic mass is 35.5. The number of amides is 2. The third kappa shape index (κ3) is 10.6. The molecule has 6 atom stereocenters. The van der Waals surface area contributed by atoms with Crippen molar-refractivity contribution in [3.05, 3.63) is 130 Å². The summed E-state index contributed by atoms with van der Waals surface area (Å²) in [5, 5.41) is 46.8. The van der Waals surface area contributed by atoms with Crippen molar-refractivity contribution < 1.29 is 24.5 Å². The first-order valence-corrected chi connectivity index (χ1v) is 26.3. The Morgan fingerprint density at radius 1 is 0.932 bits per heavy atom. The summed E-state index contributed by atoms with van der Waals surface area (Å²) in [7, 11) is 0. The van der Waals surface area contributed by atoms with E-state index in [9.17, 15) is 25.1 Å². The fourth-order valence-electron chi connectivity index (χ4n) is 11.5. The molecule has 5 N–H and O–H groups in total. The zero-order chi connectivity index (χ0) is 51.9. The summed E-state index contributed by atoms with van der Waals surface area (Å²) in [6.07, 6.45) is 4.61. The summed E-state index contributed by atoms with van der Waals surface area (Å²) in [5.74, 6) is 0.718. The number of pyridine rings is 1. The molecule has 15 nitrogen and oxygen atoms in total. The number of nitrogens with zero attached hydrogens (tertiary/aromatic N) is 7. The number of halogens is 1. The first kappa shape index (κ1) is 51.5. The molecule has 3 aromatic heterocycles. The van der Waals surface area contributed by atoms with Crippen LogP contribution in [0.3, 0.4) is 0 Å². The van der Waals surface area contributed by atoms with Gasteiger partial charge in [0.25, 0.3) is 0 Å². The number of rotatable bonds is 16. The Balaban J connectivity index is 0.789. The molecule has 1 aliphatic carbocycles. The molecule has 3 fully saturated rings. The molecular weight excluding hydrogens is 960 g/mol. The maximum absolute atomic E-state index is 14.5. The average molecular weight is 1030 g/mol. The molecule has 382 valence electrons. The molecule has 3 aliphatic rings. The van der Waals surface area contributed by atoms with E-state index in [1.165, 1.54) is 4.90 Å². The Bertz CT molecular complexity index is 2970. The third-order valence-electron chi connectivity index (χ3n) is 15.1. The topological polar surface area (TPSA) is 194 Å². The second-order valence-corrected chi connectivity index (χ2v) is 22.7. The summed E-state index contributed by atoms with van der Waals surface area (Å²) in [6, 6.07) is 25.4. The van der Waals surface area contributed by atoms with Crippen molar-refractivity contribution in [3.8, 4) is 33.4 Å². The number of carbonyl (C=O) groups is 2. The highest BCUT2D eigenvalue weighted by Crippen LogP contribution is 2.56. The van der Waals surface area contributed by atoms with E-state index in [0.29, 0.717) is 16.3 Å². The van der Waals surface area contributed by atoms with Gasteiger partial charge in [-0.15, -0.1) is 11.3 Å². The second kappa shape index (κ2) is 20.9. The van der Waals surface area contributed by atoms with Crippen LogP contribution >= 0.6 is 22.9 Å². The van der Waals surface area contributed by atoms with Gasteiger partial charge in [-0.3, -0.25) is 19.6 Å². The molecule has 0 radical (unpaired) electrons. The van der Waals surface area contributed by atoms with Gasteiger partial charge >= 0.3 is 0 Å². The first-order valence-electron chi connectivity index (χ1n) is 25.0. The summed E-state index contributed by atoms with van der Waals surface area (Å²) in [6.45, 7) is 17.9. The van der Waals surface area contributed by atoms with Crippen molar-refractivity contribution >= 4 is 46.3 Å². The van der Waals surface area contributed by atoms with Gasteiger partial charge in [0.1, 0.15) is 42.1 Å². The third-order valence-corrected chi connectivity index (χ3v) is 16.4. The largest absolute Gasteiger partial charge is 0.489 e. The minimum absolute atomic E-state index is 0.0594. The SMILES string of the molecule is Cc1ncsc1-c1ccc([C@H](C)NC(=O)[C@@H]2C[C@@H](O)CN2C(=O)[C@@H](C(C)C)n2cc(-c3ccnc(N4CC[C@@H](Nc5ccc(C(O)NC6C(C)(C)C(Oc7ccc(C#N)c(Cl)c7)C6(C)C)cc5)C4)c3)cn2)cc1. The number of ether oxygens (including phenoxy) is 1. The van der Waals surface area contributed by atoms with Crippen LogP contribution in [-0.2, 0) is 9.59 Å². The van der Waals surface area contributed by atoms with Crippen LogP contribution in [0.4, 0.5) is 11.5 Å². The zero-order valence-electron chi connectivity index (χ0n) is 42.6. The highest BCUT2D eigenvalue weighted by Gasteiger charge is 2.64. The smallest absolute Gasteiger partial charge is 0.248 e. The molecule has 6 aromatic rings. The number of hydrogen-bond acceptors (Lipinski definition) is 13. The van der Waals surface area contributed by atoms with Gasteiger partial charge in [0.15, 0.2) is 0 Å². The lowest BCUT2D eigenvalue weighted by atomic mass is 9.49. The lowest BCUT2D eigenvalue weighted by Gasteiger charge is -2.63. The van der Waals surface area contributed by atoms with E-state index in [4.69, 9.17) is 26.4 Å². The monoisotopic (exact) mass is 1020 g/mol. The summed E-state index contributed by atoms with van der Waals surface area (Å²) >= 11 is 7.88. The first-order chi connectivity index (χ1) is 34.8. The van der Waals surface area contributed by atoms with E-state index in [1.54, 1.807) is 46.6 Å². The molecular formula is C56H65ClN10O5S. The number of nitriles is 1. The highest BCUT2D eigenvalue weighted by molar-refractivity contribution is 7.13. The molecule has 5 heterocycles. The maximum atomic E-state index is 14.5. The molecule has 17 heteroatoms. The Morgan fingerprint density at radius 3 is 2.33 bits per heavy atom. The van der Waals surface area contributed by atoms with Crippen LogP contribution in [-0.4, -0.2) is 96.6 Å². The van der Waals surface area contributed by atoms with E-state index in [2.05, 4.69) is 59.6 Å². The van der Waals surface area contributed by atoms with Crippen LogP contribution < -0.4 is 25.6 Å². The molecule has 9 rings (SSSR count). The number of anilines is 2. The molecule has 3 aromatic carbocycles. The molecule has 2 aliphatic heterocycles. The van der Waals surface area contributed by atoms with Gasteiger partial charge in [-0.1, -0.05) is 89.5 Å². The standard InChI is InChI=1S/C56H65ClN10O5S/c1-32(2)48(52(71)66-30-43(68)24-46(66)51(70)62-33(3)35-9-11-36(12-10-35)49-34(4)60-31-73-49)67-28-40(27-61-67)38-19-21-59-47(23-38)65-22-20-42(29-65)63-41-16-13-37(14-17-41)50(69)64-53-55(5,6)54(56(53,7)8)72-44-18-15-39(26-58)45(57)25-44/h9-19,21,23,25,27-28,31-33,42-43,46,48,50,53-54,63-64,68-69H,20,22,24,29-30H2,1-8H3,(H,62,70)/t33-,42+,43+,46-,48+,50?,53?,54?/m0/s1. The van der Waals surface area contributed by atoms with Crippen LogP contribution in [0.25, 0.3) is 21.6 Å². The van der Waals surface area contributed by atoms with E-state index in [-0.39, 0.29) is 65.8 Å². The number of nitrogens with one attached hydrogen (secondary N) is 3. The summed E-state index contributed by atoms with van der Waals surface area (Å²) < 4.78 is 8.12. The Kier molecular flexibility index (Phi) is 14.7. The number of aliphatic hydroxyl groups excluding tert-OH is 2. The van der Waals surface area contributed by atoms with Crippen molar-refractivity contribution in [3.63, 3.8) is 0 Å². The van der Waals surface area contributed by atoms with E-state index >= 15 is 0 Å². The van der Waals surface area contributed by atoms with Crippen molar-refractivity contribution in [2.75, 3.05) is 29.9 Å². The predicted octanol–water partition coefficient (Wildman–Crippen LogP) is 9.09. The van der Waals surface area contributed by atoms with E-state index in [1.807, 2.05) is 100 Å². The minimum atomic E-state index is -0.888. The average Bonchev–Trinajstić information content (AvgIpc) is 4.21. The molecule has 1 unspecified atom stereocenters. The van der Waals surface area contributed by atoms with Crippen LogP contribution in [0.15, 0.2) is 103 Å². The van der Waals surface area contributed by atoms with Crippen LogP contribution in [0, 0.1) is 35.0 Å². The molecule has 1 saturated carbocycles. The quantitative estimate of drug-likeness (QED) is 0.0579. The molecule has 2 amide bonds. The number of likely N-dealkylation sites (tertiary alicyclic amines) is 1. The van der Waals surface area contributed by atoms with Gasteiger partial charge in [0.2, 0.25) is 11.8 Å². The van der Waals surface area contributed by atoms with Gasteiger partial charge in [-0.05, 0) is 84.8 Å². The molecule has 0 bridgehead atoms. The second-order valence-electron chi connectivity index (χ2n) is 21.4. The normalized spacial score (nSPS) is 22.3. The van der Waals surface area contributed by atoms with E-state index < -0.39 is 24.4 Å². The lowest BCUT2D eigenvalue weighted by molar-refractivity contribution is -0.179. The van der Waals surface area contributed by atoms with Crippen LogP contribution in [0.1, 0.15) is 102 Å². The Morgan fingerprint density at radius 2 is 1.66 bits per heavy atom. The zero-order valence-corrected chi connectivity index (χ0v) is 44.2. The summed E-state index contributed by atoms with van der Waals surface area (Å²) in [5.41, 5.74) is 8.04. The van der Waals surface area contributed by atoms with Gasteiger partial charge in [-0.2, -0.15) is 10.4 Å². The number of aromatic nitrogens is 4.